The van der Waals surface area contributed by atoms with Gasteiger partial charge in [-0.25, -0.2) is 19.3 Å². The Hall–Kier alpha value is -4.57. The normalized spacial score (nSPS) is 18.6. The number of ether oxygens (including phenoxy) is 1. The van der Waals surface area contributed by atoms with Crippen molar-refractivity contribution in [3.8, 4) is 12.3 Å². The Morgan fingerprint density at radius 1 is 1.40 bits per heavy atom. The highest BCUT2D eigenvalue weighted by atomic mass is 32.2. The summed E-state index contributed by atoms with van der Waals surface area (Å²) in [5.74, 6) is -0.575. The van der Waals surface area contributed by atoms with Crippen LogP contribution in [0.15, 0.2) is 27.8 Å². The van der Waals surface area contributed by atoms with Crippen molar-refractivity contribution in [2.45, 2.75) is 49.5 Å². The van der Waals surface area contributed by atoms with Gasteiger partial charge in [-0.15, -0.1) is 23.3 Å². The number of terminal acetylenes is 1. The van der Waals surface area contributed by atoms with Crippen LogP contribution in [0, 0.1) is 12.3 Å². The number of H-pyrrole nitrogens is 1. The fourth-order valence-electron chi connectivity index (χ4n) is 3.81. The van der Waals surface area contributed by atoms with Crippen LogP contribution in [0.2, 0.25) is 0 Å². The lowest BCUT2D eigenvalue weighted by atomic mass is 10.0. The van der Waals surface area contributed by atoms with Crippen LogP contribution >= 0.6 is 23.5 Å². The lowest BCUT2D eigenvalue weighted by molar-refractivity contribution is -0.160. The number of rotatable bonds is 11. The number of nitrogen functional groups attached to an aromatic ring is 1. The molecule has 17 nitrogen and oxygen atoms in total. The van der Waals surface area contributed by atoms with Crippen LogP contribution in [0.1, 0.15) is 26.6 Å². The minimum Gasteiger partial charge on any atom is -0.477 e. The number of tetrazole rings is 1. The molecule has 0 saturated carbocycles. The van der Waals surface area contributed by atoms with Crippen molar-refractivity contribution >= 4 is 58.8 Å². The Kier molecular flexibility index (Phi) is 9.06. The van der Waals surface area contributed by atoms with Crippen LogP contribution in [0.3, 0.4) is 0 Å². The zero-order chi connectivity index (χ0) is 30.6. The van der Waals surface area contributed by atoms with E-state index in [-0.39, 0.29) is 35.4 Å². The van der Waals surface area contributed by atoms with E-state index in [0.29, 0.717) is 10.7 Å². The van der Waals surface area contributed by atoms with Gasteiger partial charge in [0.05, 0.1) is 6.20 Å². The number of anilines is 1. The zero-order valence-electron chi connectivity index (χ0n) is 22.6. The number of oxime groups is 1. The molecule has 222 valence electrons. The predicted molar refractivity (Wildman–Crippen MR) is 148 cm³/mol. The molecule has 0 aliphatic carbocycles. The average Bonchev–Trinajstić information content (AvgIpc) is 3.55. The van der Waals surface area contributed by atoms with Gasteiger partial charge in [-0.1, -0.05) is 22.8 Å². The Morgan fingerprint density at radius 2 is 2.17 bits per heavy atom. The number of aliphatic carboxylic acids is 1. The van der Waals surface area contributed by atoms with Gasteiger partial charge < -0.3 is 30.7 Å². The Labute approximate surface area is 247 Å². The molecule has 0 bridgehead atoms. The summed E-state index contributed by atoms with van der Waals surface area (Å²) in [4.78, 5) is 63.2. The number of nitrogens with zero attached hydrogens (tertiary/aromatic N) is 7. The van der Waals surface area contributed by atoms with Gasteiger partial charge in [0.2, 0.25) is 17.5 Å². The molecule has 4 heterocycles. The van der Waals surface area contributed by atoms with Crippen molar-refractivity contribution in [2.75, 3.05) is 23.8 Å². The molecule has 2 amide bonds. The van der Waals surface area contributed by atoms with Crippen LogP contribution in [0.4, 0.5) is 5.82 Å². The molecule has 42 heavy (non-hydrogen) atoms. The summed E-state index contributed by atoms with van der Waals surface area (Å²) in [6, 6.07) is -1.07. The second-order valence-electron chi connectivity index (χ2n) is 9.72. The van der Waals surface area contributed by atoms with E-state index in [1.165, 1.54) is 34.4 Å². The van der Waals surface area contributed by atoms with E-state index < -0.39 is 53.1 Å². The number of thioether (sulfide) groups is 2. The van der Waals surface area contributed by atoms with Crippen LogP contribution < -0.4 is 11.1 Å². The number of hydrogen-bond donors (Lipinski definition) is 4. The van der Waals surface area contributed by atoms with E-state index in [0.717, 1.165) is 4.90 Å². The highest BCUT2D eigenvalue weighted by Gasteiger charge is 2.54. The van der Waals surface area contributed by atoms with E-state index in [1.54, 1.807) is 20.8 Å². The molecule has 0 spiro atoms. The Bertz CT molecular complexity index is 1500. The topological polar surface area (TPSA) is 233 Å². The largest absolute Gasteiger partial charge is 0.477 e. The van der Waals surface area contributed by atoms with Gasteiger partial charge >= 0.3 is 11.9 Å². The first-order valence-electron chi connectivity index (χ1n) is 12.2. The van der Waals surface area contributed by atoms with Crippen molar-refractivity contribution in [1.82, 2.24) is 40.4 Å². The second-order valence-corrected chi connectivity index (χ2v) is 11.8. The van der Waals surface area contributed by atoms with Crippen LogP contribution in [-0.2, 0) is 35.3 Å². The molecule has 2 aromatic heterocycles. The molecule has 2 atom stereocenters. The summed E-state index contributed by atoms with van der Waals surface area (Å²) in [7, 11) is 0. The molecule has 4 rings (SSSR count). The third-order valence-electron chi connectivity index (χ3n) is 5.45. The van der Waals surface area contributed by atoms with Crippen molar-refractivity contribution < 1.29 is 33.9 Å². The van der Waals surface area contributed by atoms with Crippen LogP contribution in [-0.4, -0.2) is 105 Å². The molecule has 1 saturated heterocycles. The highest BCUT2D eigenvalue weighted by Crippen LogP contribution is 2.41. The summed E-state index contributed by atoms with van der Waals surface area (Å²) in [5, 5.41) is 27.2. The number of β-lactam (4-membered cyclic amide) rings is 1. The molecule has 2 aliphatic rings. The lowest BCUT2D eigenvalue weighted by Gasteiger charge is -2.49. The van der Waals surface area contributed by atoms with Gasteiger partial charge in [0.15, 0.2) is 5.82 Å². The monoisotopic (exact) mass is 618 g/mol. The maximum atomic E-state index is 13.2. The van der Waals surface area contributed by atoms with Gasteiger partial charge in [0, 0.05) is 11.5 Å². The average molecular weight is 619 g/mol. The van der Waals surface area contributed by atoms with Crippen LogP contribution in [0.25, 0.3) is 0 Å². The molecule has 0 radical (unpaired) electrons. The number of nitrogens with two attached hydrogens (primary N) is 1. The Morgan fingerprint density at radius 3 is 2.81 bits per heavy atom. The first kappa shape index (κ1) is 30.4. The molecule has 2 aliphatic heterocycles. The van der Waals surface area contributed by atoms with E-state index in [9.17, 15) is 24.3 Å². The molecule has 19 heteroatoms. The highest BCUT2D eigenvalue weighted by molar-refractivity contribution is 8.01. The zero-order valence-corrected chi connectivity index (χ0v) is 24.2. The number of esters is 1. The van der Waals surface area contributed by atoms with Crippen LogP contribution in [0.5, 0.6) is 0 Å². The number of aromatic amines is 1. The number of nitrogens with one attached hydrogen (secondary N) is 2. The molecular formula is C23H26N10O7S2. The van der Waals surface area contributed by atoms with E-state index in [2.05, 4.69) is 41.9 Å². The fraction of sp³-hybridized carbons (Fsp3) is 0.435. The van der Waals surface area contributed by atoms with Crippen molar-refractivity contribution in [3.05, 3.63) is 23.3 Å². The molecule has 1 unspecified atom stereocenters. The van der Waals surface area contributed by atoms with E-state index >= 15 is 0 Å². The summed E-state index contributed by atoms with van der Waals surface area (Å²) in [6.07, 6.45) is 6.56. The molecular weight excluding hydrogens is 592 g/mol. The summed E-state index contributed by atoms with van der Waals surface area (Å²) in [6.45, 7) is 4.59. The summed E-state index contributed by atoms with van der Waals surface area (Å²) < 4.78 is 6.54. The third kappa shape index (κ3) is 6.83. The lowest BCUT2D eigenvalue weighted by Crippen LogP contribution is -2.71. The van der Waals surface area contributed by atoms with Gasteiger partial charge in [-0.3, -0.25) is 14.5 Å². The number of hydrogen-bond acceptors (Lipinski definition) is 14. The standard InChI is InChI=1S/C23H26N10O7S2/c1-5-6-32-22(28-30-31-32)42-10-11-9-41-20-15(19(36)33(20)16(11)21(37)38)27-18(35)14(17-25-7-12(24)26-17)29-39-8-13(34)40-23(2,3)4/h1,7,15,20H,6,8-10,24H2,2-4H3,(H,25,26)(H,27,35)(H,37,38)/t15?,20-/m1/s1. The number of aromatic nitrogens is 6. The maximum absolute atomic E-state index is 13.2. The van der Waals surface area contributed by atoms with Crippen molar-refractivity contribution in [1.29, 1.82) is 0 Å². The molecule has 2 aromatic rings. The summed E-state index contributed by atoms with van der Waals surface area (Å²) in [5.41, 5.74) is 4.84. The van der Waals surface area contributed by atoms with Gasteiger partial charge in [0.1, 0.15) is 35.1 Å². The quantitative estimate of drug-likeness (QED) is 0.0603. The minimum absolute atomic E-state index is 0.0771. The first-order chi connectivity index (χ1) is 19.9. The number of carboxylic acid groups (broad SMARTS) is 1. The number of carbonyl (C=O) groups is 4. The van der Waals surface area contributed by atoms with E-state index in [4.69, 9.17) is 21.7 Å². The molecule has 0 aromatic carbocycles. The number of fused-ring (bicyclic) bond motifs is 1. The van der Waals surface area contributed by atoms with Gasteiger partial charge in [0.25, 0.3) is 11.8 Å². The fourth-order valence-corrected chi connectivity index (χ4v) is 6.17. The minimum atomic E-state index is -1.29. The third-order valence-corrected chi connectivity index (χ3v) is 7.83. The van der Waals surface area contributed by atoms with Crippen molar-refractivity contribution in [2.24, 2.45) is 5.16 Å². The number of amides is 2. The second kappa shape index (κ2) is 12.5. The Balaban J connectivity index is 1.46. The first-order valence-corrected chi connectivity index (χ1v) is 14.2. The summed E-state index contributed by atoms with van der Waals surface area (Å²) >= 11 is 2.46. The molecule has 5 N–H and O–H groups in total. The molecule has 1 fully saturated rings. The van der Waals surface area contributed by atoms with Gasteiger partial charge in [-0.2, -0.15) is 0 Å². The van der Waals surface area contributed by atoms with E-state index in [1.807, 2.05) is 0 Å². The smallest absolute Gasteiger partial charge is 0.352 e. The maximum Gasteiger partial charge on any atom is 0.352 e. The van der Waals surface area contributed by atoms with Gasteiger partial charge in [-0.05, 0) is 36.8 Å². The van der Waals surface area contributed by atoms with Crippen molar-refractivity contribution in [3.63, 3.8) is 0 Å². The number of carboxylic acids is 1. The number of carbonyl (C=O) groups excluding carboxylic acids is 3. The SMILES string of the molecule is C#CCn1nnnc1SCC1=C(C(=O)O)N2C(=O)C(NC(=O)C(=NOCC(=O)OC(C)(C)C)c3ncc(N)[nH]3)[C@H]2SC1. The number of imidazole rings is 1. The predicted octanol–water partition coefficient (Wildman–Crippen LogP) is -0.795.